The van der Waals surface area contributed by atoms with Gasteiger partial charge in [0.05, 0.1) is 11.2 Å². The lowest BCUT2D eigenvalue weighted by Gasteiger charge is -2.40. The number of hydrogen-bond acceptors (Lipinski definition) is 9. The van der Waals surface area contributed by atoms with Crippen molar-refractivity contribution in [1.29, 1.82) is 0 Å². The predicted molar refractivity (Wildman–Crippen MR) is 142 cm³/mol. The molecule has 1 aromatic rings. The number of phosphoric acid groups is 1. The van der Waals surface area contributed by atoms with Crippen LogP contribution in [0.5, 0.6) is 0 Å². The minimum atomic E-state index is -4.05. The lowest BCUT2D eigenvalue weighted by atomic mass is 9.85. The molecular formula is C27H42NO9P. The third-order valence-electron chi connectivity index (χ3n) is 5.22. The van der Waals surface area contributed by atoms with Gasteiger partial charge in [-0.15, -0.1) is 0 Å². The Morgan fingerprint density at radius 3 is 2.03 bits per heavy atom. The molecule has 1 heterocycles. The van der Waals surface area contributed by atoms with Crippen LogP contribution in [0.1, 0.15) is 73.3 Å². The van der Waals surface area contributed by atoms with Gasteiger partial charge in [0.15, 0.2) is 0 Å². The lowest BCUT2D eigenvalue weighted by Crippen LogP contribution is -2.49. The van der Waals surface area contributed by atoms with Crippen LogP contribution >= 0.6 is 7.82 Å². The van der Waals surface area contributed by atoms with Crippen LogP contribution < -0.4 is 0 Å². The third kappa shape index (κ3) is 11.6. The van der Waals surface area contributed by atoms with Crippen molar-refractivity contribution in [3.8, 4) is 0 Å². The van der Waals surface area contributed by atoms with Crippen molar-refractivity contribution in [3.63, 3.8) is 0 Å². The van der Waals surface area contributed by atoms with E-state index in [1.54, 1.807) is 46.4 Å². The van der Waals surface area contributed by atoms with E-state index in [-0.39, 0.29) is 6.61 Å². The van der Waals surface area contributed by atoms with Crippen molar-refractivity contribution in [3.05, 3.63) is 48.0 Å². The average molecular weight is 556 g/mol. The van der Waals surface area contributed by atoms with E-state index in [2.05, 4.69) is 6.58 Å². The number of carbonyl (C=O) groups is 2. The number of carbonyl (C=O) groups excluding carboxylic acids is 2. The number of rotatable bonds is 10. The molecule has 1 aromatic carbocycles. The number of piperidine rings is 1. The predicted octanol–water partition coefficient (Wildman–Crippen LogP) is 6.99. The largest absolute Gasteiger partial charge is 0.510 e. The van der Waals surface area contributed by atoms with E-state index in [4.69, 9.17) is 27.8 Å². The molecular weight excluding hydrogens is 513 g/mol. The quantitative estimate of drug-likeness (QED) is 0.131. The lowest BCUT2D eigenvalue weighted by molar-refractivity contribution is -0.0874. The number of likely N-dealkylation sites (tertiary alicyclic amines) is 1. The number of nitrogens with zero attached hydrogens (tertiary/aromatic N) is 1. The van der Waals surface area contributed by atoms with E-state index in [0.717, 1.165) is 11.1 Å². The minimum Gasteiger partial charge on any atom is -0.445 e. The first-order valence-electron chi connectivity index (χ1n) is 12.6. The number of ether oxygens (including phenoxy) is 3. The monoisotopic (exact) mass is 555 g/mol. The molecule has 0 aliphatic carbocycles. The van der Waals surface area contributed by atoms with Crippen LogP contribution in [0.4, 0.5) is 9.59 Å². The summed E-state index contributed by atoms with van der Waals surface area (Å²) in [5.41, 5.74) is -0.859. The third-order valence-corrected chi connectivity index (χ3v) is 7.19. The van der Waals surface area contributed by atoms with Crippen LogP contribution in [0.3, 0.4) is 0 Å². The molecule has 0 atom stereocenters. The first kappa shape index (κ1) is 31.8. The summed E-state index contributed by atoms with van der Waals surface area (Å²) < 4.78 is 45.6. The van der Waals surface area contributed by atoms with Crippen molar-refractivity contribution in [2.24, 2.45) is 0 Å². The van der Waals surface area contributed by atoms with E-state index in [1.165, 1.54) is 0 Å². The van der Waals surface area contributed by atoms with Gasteiger partial charge in [-0.25, -0.2) is 18.7 Å². The Balaban J connectivity index is 1.93. The zero-order valence-electron chi connectivity index (χ0n) is 23.6. The van der Waals surface area contributed by atoms with Gasteiger partial charge >= 0.3 is 20.1 Å². The topological polar surface area (TPSA) is 110 Å². The molecule has 10 nitrogen and oxygen atoms in total. The van der Waals surface area contributed by atoms with Crippen LogP contribution in [0.25, 0.3) is 0 Å². The Hall–Kier alpha value is -2.39. The van der Waals surface area contributed by atoms with Crippen LogP contribution in [0.15, 0.2) is 42.5 Å². The summed E-state index contributed by atoms with van der Waals surface area (Å²) in [5.74, 6) is 0. The number of hydrogen-bond donors (Lipinski definition) is 0. The van der Waals surface area contributed by atoms with Crippen molar-refractivity contribution < 1.29 is 41.9 Å². The summed E-state index contributed by atoms with van der Waals surface area (Å²) in [6, 6.07) is 9.42. The maximum atomic E-state index is 13.1. The Bertz CT molecular complexity index is 970. The van der Waals surface area contributed by atoms with Gasteiger partial charge < -0.3 is 19.1 Å². The van der Waals surface area contributed by atoms with E-state index in [0.29, 0.717) is 32.4 Å². The Morgan fingerprint density at radius 2 is 1.53 bits per heavy atom. The summed E-state index contributed by atoms with van der Waals surface area (Å²) >= 11 is 0. The maximum absolute atomic E-state index is 13.1. The second-order valence-electron chi connectivity index (χ2n) is 11.4. The summed E-state index contributed by atoms with van der Waals surface area (Å²) in [6.45, 7) is 16.2. The Morgan fingerprint density at radius 1 is 0.974 bits per heavy atom. The molecule has 0 radical (unpaired) electrons. The number of amides is 1. The highest BCUT2D eigenvalue weighted by molar-refractivity contribution is 7.48. The molecule has 0 N–H and O–H groups in total. The highest BCUT2D eigenvalue weighted by atomic mass is 31.2. The van der Waals surface area contributed by atoms with E-state index in [9.17, 15) is 14.2 Å². The summed E-state index contributed by atoms with van der Waals surface area (Å²) in [5, 5.41) is 0. The van der Waals surface area contributed by atoms with Crippen molar-refractivity contribution in [1.82, 2.24) is 4.90 Å². The SMILES string of the molecule is C=C(C)CC1(OC(=O)OCOP(=O)(OC(C)(C)C)OC(C)(C)C)CCN(C(=O)OCc2ccccc2)CC1. The standard InChI is InChI=1S/C27H42NO9P/c1-21(2)18-27(14-16-28(17-15-27)23(29)32-19-22-12-10-9-11-13-22)35-24(30)33-20-34-38(31,36-25(3,4)5)37-26(6,7)8/h9-13H,1,14-20H2,2-8H3. The van der Waals surface area contributed by atoms with E-state index in [1.807, 2.05) is 37.3 Å². The van der Waals surface area contributed by atoms with E-state index >= 15 is 0 Å². The van der Waals surface area contributed by atoms with E-state index < -0.39 is 43.7 Å². The molecule has 38 heavy (non-hydrogen) atoms. The summed E-state index contributed by atoms with van der Waals surface area (Å²) in [7, 11) is -4.05. The fraction of sp³-hybridized carbons (Fsp3) is 0.630. The molecule has 11 heteroatoms. The molecule has 214 valence electrons. The van der Waals surface area contributed by atoms with Crippen LogP contribution in [-0.2, 0) is 39.0 Å². The summed E-state index contributed by atoms with van der Waals surface area (Å²) in [6.07, 6.45) is -0.287. The molecule has 0 spiro atoms. The van der Waals surface area contributed by atoms with Crippen LogP contribution in [0, 0.1) is 0 Å². The normalized spacial score (nSPS) is 16.0. The molecule has 1 aliphatic heterocycles. The highest BCUT2D eigenvalue weighted by Crippen LogP contribution is 2.55. The van der Waals surface area contributed by atoms with Crippen molar-refractivity contribution in [2.75, 3.05) is 19.9 Å². The van der Waals surface area contributed by atoms with Crippen molar-refractivity contribution in [2.45, 2.75) is 91.1 Å². The second-order valence-corrected chi connectivity index (χ2v) is 13.0. The van der Waals surface area contributed by atoms with Crippen molar-refractivity contribution >= 4 is 20.1 Å². The highest BCUT2D eigenvalue weighted by Gasteiger charge is 2.41. The molecule has 0 aromatic heterocycles. The molecule has 1 aliphatic rings. The fourth-order valence-electron chi connectivity index (χ4n) is 3.86. The van der Waals surface area contributed by atoms with Gasteiger partial charge in [-0.2, -0.15) is 0 Å². The second kappa shape index (κ2) is 13.1. The molecule has 0 saturated carbocycles. The van der Waals surface area contributed by atoms with Gasteiger partial charge in [-0.3, -0.25) is 9.05 Å². The average Bonchev–Trinajstić information content (AvgIpc) is 2.75. The minimum absolute atomic E-state index is 0.178. The maximum Gasteiger partial charge on any atom is 0.510 e. The van der Waals surface area contributed by atoms with Gasteiger partial charge in [0.25, 0.3) is 0 Å². The van der Waals surface area contributed by atoms with Crippen LogP contribution in [0.2, 0.25) is 0 Å². The first-order chi connectivity index (χ1) is 17.5. The number of benzene rings is 1. The first-order valence-corrected chi connectivity index (χ1v) is 14.1. The fourth-order valence-corrected chi connectivity index (χ4v) is 5.53. The summed E-state index contributed by atoms with van der Waals surface area (Å²) in [4.78, 5) is 26.7. The van der Waals surface area contributed by atoms with Gasteiger partial charge in [0.2, 0.25) is 6.79 Å². The van der Waals surface area contributed by atoms with Gasteiger partial charge in [-0.1, -0.05) is 42.5 Å². The Labute approximate surface area is 226 Å². The van der Waals surface area contributed by atoms with Gasteiger partial charge in [-0.05, 0) is 54.0 Å². The number of phosphoric ester groups is 1. The Kier molecular flexibility index (Phi) is 11.0. The molecule has 2 rings (SSSR count). The van der Waals surface area contributed by atoms with Gasteiger partial charge in [0, 0.05) is 32.4 Å². The molecule has 1 amide bonds. The van der Waals surface area contributed by atoms with Gasteiger partial charge in [0.1, 0.15) is 12.2 Å². The smallest absolute Gasteiger partial charge is 0.445 e. The zero-order chi connectivity index (χ0) is 28.6. The van der Waals surface area contributed by atoms with Crippen LogP contribution in [-0.4, -0.2) is 53.8 Å². The molecule has 1 fully saturated rings. The molecule has 1 saturated heterocycles. The molecule has 0 bridgehead atoms. The molecule has 0 unspecified atom stereocenters. The zero-order valence-corrected chi connectivity index (χ0v) is 24.5.